The van der Waals surface area contributed by atoms with Gasteiger partial charge < -0.3 is 59.6 Å². The second-order valence-electron chi connectivity index (χ2n) is 10.9. The van der Waals surface area contributed by atoms with Crippen LogP contribution in [-0.2, 0) is 25.5 Å². The van der Waals surface area contributed by atoms with Crippen LogP contribution in [0.25, 0.3) is 21.8 Å². The van der Waals surface area contributed by atoms with Gasteiger partial charge in [-0.2, -0.15) is 0 Å². The fourth-order valence-electron chi connectivity index (χ4n) is 5.51. The topological polar surface area (TPSA) is 212 Å². The molecule has 13 heteroatoms. The Kier molecular flexibility index (Phi) is 10.1. The number of hydrogen-bond acceptors (Lipinski definition) is 12. The molecule has 2 aromatic carbocycles. The number of carbonyl (C=O) groups is 1. The van der Waals surface area contributed by atoms with E-state index in [-0.39, 0.29) is 13.2 Å². The second kappa shape index (κ2) is 13.8. The highest BCUT2D eigenvalue weighted by Crippen LogP contribution is 2.31. The van der Waals surface area contributed by atoms with E-state index < -0.39 is 80.2 Å². The van der Waals surface area contributed by atoms with E-state index in [0.29, 0.717) is 22.2 Å². The number of aromatic nitrogens is 1. The Hall–Kier alpha value is -3.57. The minimum atomic E-state index is -1.55. The van der Waals surface area contributed by atoms with Crippen LogP contribution in [0.3, 0.4) is 0 Å². The van der Waals surface area contributed by atoms with Crippen molar-refractivity contribution in [2.24, 2.45) is 0 Å². The van der Waals surface area contributed by atoms with Crippen molar-refractivity contribution in [2.45, 2.75) is 74.5 Å². The van der Waals surface area contributed by atoms with Crippen LogP contribution in [0, 0.1) is 23.7 Å². The predicted octanol–water partition coefficient (Wildman–Crippen LogP) is -2.25. The van der Waals surface area contributed by atoms with Crippen LogP contribution in [0.5, 0.6) is 0 Å². The zero-order valence-corrected chi connectivity index (χ0v) is 24.2. The standard InChI is InChI=1S/C32H35NO12/c1-2-43-26(36)13-33-20-11-16(5-9-22-27(37)31(41)29(39)24(14-34)44-22)3-7-18(20)19-8-4-17(12-21(19)33)6-10-23-28(38)32(42)30(40)25(15-35)45-23/h3-4,7-8,11-12,22-25,27-32,34-35,37-42H,2,13-15H2,1H3/t22?,23?,24?,25?,27?,28?,29-,30-,31?,32?/m1/s1. The quantitative estimate of drug-likeness (QED) is 0.112. The molecular weight excluding hydrogens is 590 g/mol. The third-order valence-corrected chi connectivity index (χ3v) is 7.96. The van der Waals surface area contributed by atoms with Gasteiger partial charge in [0, 0.05) is 21.9 Å². The molecule has 0 amide bonds. The Morgan fingerprint density at radius 2 is 1.18 bits per heavy atom. The molecule has 2 aliphatic rings. The fourth-order valence-corrected chi connectivity index (χ4v) is 5.51. The third kappa shape index (κ3) is 6.56. The van der Waals surface area contributed by atoms with E-state index in [9.17, 15) is 45.6 Å². The smallest absolute Gasteiger partial charge is 0.325 e. The Morgan fingerprint density at radius 3 is 1.58 bits per heavy atom. The zero-order valence-electron chi connectivity index (χ0n) is 24.2. The van der Waals surface area contributed by atoms with Crippen molar-refractivity contribution in [1.82, 2.24) is 4.57 Å². The van der Waals surface area contributed by atoms with Gasteiger partial charge in [0.15, 0.2) is 0 Å². The Balaban J connectivity index is 1.51. The fraction of sp³-hybridized carbons (Fsp3) is 0.469. The summed E-state index contributed by atoms with van der Waals surface area (Å²) in [6.07, 6.45) is -13.6. The molecule has 0 bridgehead atoms. The molecule has 2 fully saturated rings. The van der Waals surface area contributed by atoms with Crippen molar-refractivity contribution in [2.75, 3.05) is 19.8 Å². The maximum atomic E-state index is 12.6. The molecule has 0 spiro atoms. The molecule has 2 aliphatic heterocycles. The van der Waals surface area contributed by atoms with Crippen LogP contribution in [0.4, 0.5) is 0 Å². The molecule has 13 nitrogen and oxygen atoms in total. The highest BCUT2D eigenvalue weighted by molar-refractivity contribution is 6.09. The zero-order chi connectivity index (χ0) is 32.4. The number of ether oxygens (including phenoxy) is 3. The van der Waals surface area contributed by atoms with Crippen molar-refractivity contribution in [3.05, 3.63) is 47.5 Å². The average Bonchev–Trinajstić information content (AvgIpc) is 3.33. The number of carbonyl (C=O) groups excluding carboxylic acids is 1. The number of rotatable bonds is 5. The number of esters is 1. The molecule has 0 radical (unpaired) electrons. The minimum absolute atomic E-state index is 0.138. The van der Waals surface area contributed by atoms with E-state index in [0.717, 1.165) is 10.8 Å². The van der Waals surface area contributed by atoms with Crippen molar-refractivity contribution in [3.8, 4) is 23.7 Å². The summed E-state index contributed by atoms with van der Waals surface area (Å²) in [6.45, 7) is 0.599. The van der Waals surface area contributed by atoms with Gasteiger partial charge in [-0.15, -0.1) is 0 Å². The maximum Gasteiger partial charge on any atom is 0.325 e. The Labute approximate surface area is 257 Å². The molecule has 0 aliphatic carbocycles. The molecular formula is C32H35NO12. The molecule has 3 aromatic rings. The van der Waals surface area contributed by atoms with E-state index in [1.807, 2.05) is 12.1 Å². The van der Waals surface area contributed by atoms with Gasteiger partial charge in [-0.1, -0.05) is 35.8 Å². The van der Waals surface area contributed by atoms with Crippen molar-refractivity contribution >= 4 is 27.8 Å². The monoisotopic (exact) mass is 625 g/mol. The summed E-state index contributed by atoms with van der Waals surface area (Å²) in [7, 11) is 0. The van der Waals surface area contributed by atoms with Gasteiger partial charge in [0.2, 0.25) is 0 Å². The van der Waals surface area contributed by atoms with Gasteiger partial charge >= 0.3 is 5.97 Å². The van der Waals surface area contributed by atoms with Crippen molar-refractivity contribution in [3.63, 3.8) is 0 Å². The van der Waals surface area contributed by atoms with Crippen LogP contribution in [0.15, 0.2) is 36.4 Å². The second-order valence-corrected chi connectivity index (χ2v) is 10.9. The lowest BCUT2D eigenvalue weighted by Crippen LogP contribution is -2.58. The van der Waals surface area contributed by atoms with Crippen molar-refractivity contribution < 1.29 is 59.9 Å². The molecule has 45 heavy (non-hydrogen) atoms. The summed E-state index contributed by atoms with van der Waals surface area (Å²) < 4.78 is 17.9. The van der Waals surface area contributed by atoms with E-state index in [4.69, 9.17) is 14.2 Å². The van der Waals surface area contributed by atoms with Gasteiger partial charge in [0.1, 0.15) is 67.6 Å². The third-order valence-electron chi connectivity index (χ3n) is 7.96. The van der Waals surface area contributed by atoms with E-state index >= 15 is 0 Å². The van der Waals surface area contributed by atoms with Crippen LogP contribution in [0.1, 0.15) is 18.1 Å². The Bertz CT molecular complexity index is 1550. The van der Waals surface area contributed by atoms with Gasteiger partial charge in [-0.25, -0.2) is 0 Å². The molecule has 240 valence electrons. The van der Waals surface area contributed by atoms with Crippen LogP contribution in [-0.4, -0.2) is 132 Å². The molecule has 10 atom stereocenters. The maximum absolute atomic E-state index is 12.6. The number of benzene rings is 2. The van der Waals surface area contributed by atoms with E-state index in [1.165, 1.54) is 0 Å². The average molecular weight is 626 g/mol. The predicted molar refractivity (Wildman–Crippen MR) is 157 cm³/mol. The first kappa shape index (κ1) is 32.8. The number of aliphatic hydroxyl groups excluding tert-OH is 8. The summed E-state index contributed by atoms with van der Waals surface area (Å²) in [4.78, 5) is 12.6. The number of nitrogens with zero attached hydrogens (tertiary/aromatic N) is 1. The molecule has 2 saturated heterocycles. The number of aliphatic hydroxyl groups is 8. The van der Waals surface area contributed by atoms with Crippen LogP contribution >= 0.6 is 0 Å². The molecule has 1 aromatic heterocycles. The lowest BCUT2D eigenvalue weighted by atomic mass is 9.95. The summed E-state index contributed by atoms with van der Waals surface area (Å²) in [6, 6.07) is 10.6. The number of hydrogen-bond donors (Lipinski definition) is 8. The molecule has 8 N–H and O–H groups in total. The first-order valence-electron chi connectivity index (χ1n) is 14.4. The lowest BCUT2D eigenvalue weighted by molar-refractivity contribution is -0.214. The van der Waals surface area contributed by atoms with Crippen LogP contribution in [0.2, 0.25) is 0 Å². The van der Waals surface area contributed by atoms with E-state index in [1.54, 1.807) is 35.8 Å². The highest BCUT2D eigenvalue weighted by Gasteiger charge is 2.43. The van der Waals surface area contributed by atoms with Gasteiger partial charge in [-0.05, 0) is 31.2 Å². The Morgan fingerprint density at radius 1 is 0.733 bits per heavy atom. The van der Waals surface area contributed by atoms with Crippen molar-refractivity contribution in [1.29, 1.82) is 0 Å². The normalized spacial score (nSPS) is 31.6. The number of fused-ring (bicyclic) bond motifs is 3. The minimum Gasteiger partial charge on any atom is -0.465 e. The summed E-state index contributed by atoms with van der Waals surface area (Å²) in [5.74, 6) is 10.8. The lowest BCUT2D eigenvalue weighted by Gasteiger charge is -2.37. The summed E-state index contributed by atoms with van der Waals surface area (Å²) >= 11 is 0. The largest absolute Gasteiger partial charge is 0.465 e. The molecule has 3 heterocycles. The molecule has 8 unspecified atom stereocenters. The molecule has 0 saturated carbocycles. The summed E-state index contributed by atoms with van der Waals surface area (Å²) in [5.41, 5.74) is 2.26. The van der Waals surface area contributed by atoms with Gasteiger partial charge in [0.25, 0.3) is 0 Å². The SMILES string of the molecule is CCOC(=O)Cn1c2cc(C#CC3OC(CO)[C@@H](O)C(O)C3O)ccc2c2ccc(C#CC3OC(CO)[C@@H](O)C(O)C3O)cc21. The summed E-state index contributed by atoms with van der Waals surface area (Å²) in [5, 5.41) is 81.4. The van der Waals surface area contributed by atoms with Crippen LogP contribution < -0.4 is 0 Å². The van der Waals surface area contributed by atoms with Gasteiger partial charge in [-0.3, -0.25) is 4.79 Å². The first-order valence-corrected chi connectivity index (χ1v) is 14.4. The first-order chi connectivity index (χ1) is 21.6. The van der Waals surface area contributed by atoms with E-state index in [2.05, 4.69) is 23.7 Å². The highest BCUT2D eigenvalue weighted by atomic mass is 16.6. The van der Waals surface area contributed by atoms with Gasteiger partial charge in [0.05, 0.1) is 30.9 Å². The molecule has 5 rings (SSSR count).